The predicted molar refractivity (Wildman–Crippen MR) is 171 cm³/mol. The van der Waals surface area contributed by atoms with Gasteiger partial charge in [-0.3, -0.25) is 0 Å². The summed E-state index contributed by atoms with van der Waals surface area (Å²) in [5.74, 6) is 1.97. The first-order valence-electron chi connectivity index (χ1n) is 14.3. The van der Waals surface area contributed by atoms with E-state index < -0.39 is 8.07 Å². The molecule has 1 aliphatic heterocycles. The quantitative estimate of drug-likeness (QED) is 0.207. The second-order valence-corrected chi connectivity index (χ2v) is 16.7. The van der Waals surface area contributed by atoms with Crippen LogP contribution in [0.2, 0.25) is 13.1 Å². The third kappa shape index (κ3) is 3.77. The lowest BCUT2D eigenvalue weighted by atomic mass is 9.64. The number of nitriles is 2. The maximum atomic E-state index is 9.82. The fraction of sp³-hybridized carbons (Fsp3) is 0.158. The maximum absolute atomic E-state index is 9.82. The van der Waals surface area contributed by atoms with Crippen molar-refractivity contribution >= 4 is 18.4 Å². The molecule has 0 atom stereocenters. The van der Waals surface area contributed by atoms with Gasteiger partial charge in [0.05, 0.1) is 23.3 Å². The first-order valence-corrected chi connectivity index (χ1v) is 17.3. The summed E-state index contributed by atoms with van der Waals surface area (Å²) < 4.78 is 6.54. The molecule has 0 saturated carbocycles. The van der Waals surface area contributed by atoms with Crippen LogP contribution < -0.4 is 15.1 Å². The van der Waals surface area contributed by atoms with Crippen LogP contribution in [0.3, 0.4) is 0 Å². The van der Waals surface area contributed by atoms with E-state index in [0.717, 1.165) is 22.6 Å². The van der Waals surface area contributed by atoms with Gasteiger partial charge in [0.15, 0.2) is 0 Å². The molecular formula is C38H30N2OSi. The number of benzene rings is 5. The molecule has 0 fully saturated rings. The van der Waals surface area contributed by atoms with Crippen molar-refractivity contribution in [1.82, 2.24) is 0 Å². The third-order valence-corrected chi connectivity index (χ3v) is 12.8. The summed E-state index contributed by atoms with van der Waals surface area (Å²) in [7, 11) is -2.21. The van der Waals surface area contributed by atoms with Crippen LogP contribution in [0.1, 0.15) is 58.7 Å². The van der Waals surface area contributed by atoms with Crippen molar-refractivity contribution in [2.45, 2.75) is 38.3 Å². The largest absolute Gasteiger partial charge is 0.458 e. The second-order valence-electron chi connectivity index (χ2n) is 12.4. The SMILES string of the molecule is CC1(C)c2ccccc2C(c2ccc3c(c2)[Si](C)(C)c2cc(-c4ccc(C#N)cc4C#N)ccc2O3)c2ccccc21. The number of rotatable bonds is 2. The molecule has 42 heavy (non-hydrogen) atoms. The molecule has 1 aliphatic carbocycles. The second kappa shape index (κ2) is 9.31. The monoisotopic (exact) mass is 558 g/mol. The zero-order valence-electron chi connectivity index (χ0n) is 24.2. The summed E-state index contributed by atoms with van der Waals surface area (Å²) in [5, 5.41) is 21.6. The molecule has 2 aliphatic rings. The number of hydrogen-bond acceptors (Lipinski definition) is 3. The fourth-order valence-corrected chi connectivity index (χ4v) is 9.94. The summed E-state index contributed by atoms with van der Waals surface area (Å²) >= 11 is 0. The van der Waals surface area contributed by atoms with E-state index in [1.807, 2.05) is 18.2 Å². The van der Waals surface area contributed by atoms with Crippen molar-refractivity contribution < 1.29 is 4.74 Å². The van der Waals surface area contributed by atoms with Gasteiger partial charge < -0.3 is 4.74 Å². The third-order valence-electron chi connectivity index (χ3n) is 9.35. The standard InChI is InChI=1S/C38H30N2OSi/c1-38(2)31-11-7-5-9-29(31)37(30-10-6-8-12-32(30)38)26-15-18-34-36(21-26)42(3,4)35-20-25(14-17-33(35)41-34)28-16-13-24(22-39)19-27(28)23-40/h5-21,37H,1-4H3. The molecule has 0 unspecified atom stereocenters. The van der Waals surface area contributed by atoms with Crippen molar-refractivity contribution in [3.63, 3.8) is 0 Å². The van der Waals surface area contributed by atoms with Gasteiger partial charge in [0.25, 0.3) is 0 Å². The van der Waals surface area contributed by atoms with E-state index in [-0.39, 0.29) is 11.3 Å². The summed E-state index contributed by atoms with van der Waals surface area (Å²) in [6, 6.07) is 40.6. The van der Waals surface area contributed by atoms with Crippen LogP contribution in [0.15, 0.2) is 103 Å². The molecule has 0 radical (unpaired) electrons. The fourth-order valence-electron chi connectivity index (χ4n) is 7.11. The molecule has 3 nitrogen and oxygen atoms in total. The van der Waals surface area contributed by atoms with Crippen molar-refractivity contribution in [1.29, 1.82) is 10.5 Å². The van der Waals surface area contributed by atoms with Crippen LogP contribution in [-0.2, 0) is 5.41 Å². The van der Waals surface area contributed by atoms with Gasteiger partial charge in [0.1, 0.15) is 19.6 Å². The van der Waals surface area contributed by atoms with Crippen LogP contribution in [0.5, 0.6) is 11.5 Å². The predicted octanol–water partition coefficient (Wildman–Crippen LogP) is 7.84. The summed E-state index contributed by atoms with van der Waals surface area (Å²) in [6.45, 7) is 9.43. The molecular weight excluding hydrogens is 529 g/mol. The van der Waals surface area contributed by atoms with E-state index in [9.17, 15) is 10.5 Å². The average Bonchev–Trinajstić information content (AvgIpc) is 3.01. The van der Waals surface area contributed by atoms with E-state index in [1.54, 1.807) is 12.1 Å². The van der Waals surface area contributed by atoms with Gasteiger partial charge in [-0.25, -0.2) is 0 Å². The zero-order valence-corrected chi connectivity index (χ0v) is 25.2. The highest BCUT2D eigenvalue weighted by molar-refractivity contribution is 7.01. The Morgan fingerprint density at radius 3 is 1.95 bits per heavy atom. The highest BCUT2D eigenvalue weighted by Gasteiger charge is 2.40. The molecule has 7 rings (SSSR count). The van der Waals surface area contributed by atoms with Crippen molar-refractivity contribution in [3.05, 3.63) is 142 Å². The summed E-state index contributed by atoms with van der Waals surface area (Å²) in [6.07, 6.45) is 0. The molecule has 0 bridgehead atoms. The molecule has 0 N–H and O–H groups in total. The number of fused-ring (bicyclic) bond motifs is 4. The van der Waals surface area contributed by atoms with Crippen LogP contribution in [0.4, 0.5) is 0 Å². The Morgan fingerprint density at radius 1 is 0.690 bits per heavy atom. The van der Waals surface area contributed by atoms with Gasteiger partial charge in [-0.2, -0.15) is 10.5 Å². The summed E-state index contributed by atoms with van der Waals surface area (Å²) in [4.78, 5) is 0. The van der Waals surface area contributed by atoms with Crippen LogP contribution in [-0.4, -0.2) is 8.07 Å². The van der Waals surface area contributed by atoms with E-state index >= 15 is 0 Å². The molecule has 0 aromatic heterocycles. The molecule has 0 saturated heterocycles. The average molecular weight is 559 g/mol. The van der Waals surface area contributed by atoms with Crippen LogP contribution in [0.25, 0.3) is 11.1 Å². The Balaban J connectivity index is 1.37. The van der Waals surface area contributed by atoms with Gasteiger partial charge in [-0.1, -0.05) is 106 Å². The van der Waals surface area contributed by atoms with E-state index in [1.165, 1.54) is 38.2 Å². The molecule has 0 spiro atoms. The highest BCUT2D eigenvalue weighted by Crippen LogP contribution is 2.49. The number of hydrogen-bond donors (Lipinski definition) is 0. The molecule has 5 aromatic rings. The molecule has 0 amide bonds. The van der Waals surface area contributed by atoms with E-state index in [0.29, 0.717) is 11.1 Å². The van der Waals surface area contributed by atoms with Gasteiger partial charge in [-0.15, -0.1) is 0 Å². The first kappa shape index (κ1) is 26.0. The van der Waals surface area contributed by atoms with Crippen molar-refractivity contribution in [3.8, 4) is 34.8 Å². The Kier molecular flexibility index (Phi) is 5.77. The van der Waals surface area contributed by atoms with Gasteiger partial charge in [0.2, 0.25) is 0 Å². The maximum Gasteiger partial charge on any atom is 0.127 e. The number of nitrogens with zero attached hydrogens (tertiary/aromatic N) is 2. The van der Waals surface area contributed by atoms with Gasteiger partial charge in [0, 0.05) is 11.3 Å². The number of ether oxygens (including phenoxy) is 1. The Bertz CT molecular complexity index is 1960. The van der Waals surface area contributed by atoms with E-state index in [4.69, 9.17) is 4.74 Å². The normalized spacial score (nSPS) is 15.6. The topological polar surface area (TPSA) is 56.8 Å². The minimum atomic E-state index is -2.21. The minimum Gasteiger partial charge on any atom is -0.458 e. The highest BCUT2D eigenvalue weighted by atomic mass is 28.3. The Morgan fingerprint density at radius 2 is 1.31 bits per heavy atom. The summed E-state index contributed by atoms with van der Waals surface area (Å²) in [5.41, 5.74) is 9.50. The lowest BCUT2D eigenvalue weighted by molar-refractivity contribution is 0.486. The Hall–Kier alpha value is -4.90. The van der Waals surface area contributed by atoms with Crippen molar-refractivity contribution in [2.75, 3.05) is 0 Å². The Labute approximate surface area is 248 Å². The van der Waals surface area contributed by atoms with Crippen molar-refractivity contribution in [2.24, 2.45) is 0 Å². The molecule has 4 heteroatoms. The zero-order chi connectivity index (χ0) is 29.2. The lowest BCUT2D eigenvalue weighted by Crippen LogP contribution is -2.56. The minimum absolute atomic E-state index is 0.0713. The molecule has 5 aromatic carbocycles. The molecule has 1 heterocycles. The van der Waals surface area contributed by atoms with E-state index in [2.05, 4.69) is 112 Å². The lowest BCUT2D eigenvalue weighted by Gasteiger charge is -2.40. The van der Waals surface area contributed by atoms with Crippen LogP contribution in [0, 0.1) is 22.7 Å². The smallest absolute Gasteiger partial charge is 0.127 e. The molecule has 202 valence electrons. The van der Waals surface area contributed by atoms with Crippen LogP contribution >= 0.6 is 0 Å². The van der Waals surface area contributed by atoms with Gasteiger partial charge in [-0.05, 0) is 73.6 Å². The van der Waals surface area contributed by atoms with Gasteiger partial charge >= 0.3 is 0 Å². The first-order chi connectivity index (χ1) is 20.2.